The predicted octanol–water partition coefficient (Wildman–Crippen LogP) is 1.29. The van der Waals surface area contributed by atoms with Crippen molar-refractivity contribution in [3.8, 4) is 0 Å². The van der Waals surface area contributed by atoms with E-state index < -0.39 is 0 Å². The molecule has 7 heteroatoms. The van der Waals surface area contributed by atoms with Crippen LogP contribution >= 0.6 is 0 Å². The fourth-order valence-corrected chi connectivity index (χ4v) is 1.83. The number of nitrogens with one attached hydrogen (secondary N) is 2. The Morgan fingerprint density at radius 2 is 2.21 bits per heavy atom. The summed E-state index contributed by atoms with van der Waals surface area (Å²) in [6.07, 6.45) is 3.31. The lowest BCUT2D eigenvalue weighted by Crippen LogP contribution is -2.02. The zero-order valence-corrected chi connectivity index (χ0v) is 10.3. The Kier molecular flexibility index (Phi) is 2.81. The van der Waals surface area contributed by atoms with Crippen LogP contribution in [-0.2, 0) is 6.61 Å². The van der Waals surface area contributed by atoms with Gasteiger partial charge in [0.05, 0.1) is 18.2 Å². The Balaban J connectivity index is 2.07. The molecule has 0 fully saturated rings. The summed E-state index contributed by atoms with van der Waals surface area (Å²) in [5.41, 5.74) is 1.37. The van der Waals surface area contributed by atoms with Crippen LogP contribution in [0.4, 0.5) is 11.6 Å². The van der Waals surface area contributed by atoms with Crippen molar-refractivity contribution in [2.75, 3.05) is 5.32 Å². The number of aromatic nitrogens is 5. The topological polar surface area (TPSA) is 99.6 Å². The number of fused-ring (bicyclic) bond motifs is 1. The maximum Gasteiger partial charge on any atom is 0.161 e. The minimum atomic E-state index is -0.0885. The molecule has 3 aromatic rings. The first kappa shape index (κ1) is 11.5. The van der Waals surface area contributed by atoms with E-state index in [0.717, 1.165) is 5.39 Å². The summed E-state index contributed by atoms with van der Waals surface area (Å²) >= 11 is 0. The van der Waals surface area contributed by atoms with Gasteiger partial charge in [0.25, 0.3) is 0 Å². The van der Waals surface area contributed by atoms with Gasteiger partial charge in [0.2, 0.25) is 0 Å². The summed E-state index contributed by atoms with van der Waals surface area (Å²) in [6.45, 7) is 1.71. The quantitative estimate of drug-likeness (QED) is 0.653. The summed E-state index contributed by atoms with van der Waals surface area (Å²) in [5, 5.41) is 19.9. The molecular formula is C12H12N6O. The van der Waals surface area contributed by atoms with Gasteiger partial charge in [-0.05, 0) is 13.0 Å². The lowest BCUT2D eigenvalue weighted by Gasteiger charge is -2.09. The molecule has 0 aromatic carbocycles. The average molecular weight is 256 g/mol. The highest BCUT2D eigenvalue weighted by atomic mass is 16.3. The number of hydrogen-bond acceptors (Lipinski definition) is 6. The number of aliphatic hydroxyl groups excluding tert-OH is 1. The van der Waals surface area contributed by atoms with Crippen molar-refractivity contribution in [2.24, 2.45) is 0 Å². The van der Waals surface area contributed by atoms with Crippen molar-refractivity contribution >= 4 is 22.7 Å². The maximum absolute atomic E-state index is 9.29. The van der Waals surface area contributed by atoms with Gasteiger partial charge < -0.3 is 10.4 Å². The van der Waals surface area contributed by atoms with Gasteiger partial charge in [-0.15, -0.1) is 0 Å². The van der Waals surface area contributed by atoms with E-state index in [9.17, 15) is 5.11 Å². The number of aromatic amines is 1. The van der Waals surface area contributed by atoms with Gasteiger partial charge in [0.1, 0.15) is 17.5 Å². The van der Waals surface area contributed by atoms with E-state index in [1.807, 2.05) is 0 Å². The Hall–Kier alpha value is -2.54. The van der Waals surface area contributed by atoms with E-state index in [1.54, 1.807) is 31.5 Å². The van der Waals surface area contributed by atoms with E-state index in [2.05, 4.69) is 30.5 Å². The van der Waals surface area contributed by atoms with Gasteiger partial charge in [0.15, 0.2) is 5.65 Å². The van der Waals surface area contributed by atoms with E-state index in [0.29, 0.717) is 28.7 Å². The van der Waals surface area contributed by atoms with Crippen LogP contribution in [0, 0.1) is 6.92 Å². The highest BCUT2D eigenvalue weighted by Gasteiger charge is 2.10. The molecule has 0 radical (unpaired) electrons. The summed E-state index contributed by atoms with van der Waals surface area (Å²) in [7, 11) is 0. The van der Waals surface area contributed by atoms with Gasteiger partial charge in [-0.3, -0.25) is 5.10 Å². The molecule has 3 heterocycles. The highest BCUT2D eigenvalue weighted by Crippen LogP contribution is 2.23. The van der Waals surface area contributed by atoms with Crippen molar-refractivity contribution in [3.63, 3.8) is 0 Å². The normalized spacial score (nSPS) is 10.8. The molecule has 0 bridgehead atoms. The summed E-state index contributed by atoms with van der Waals surface area (Å²) in [5.74, 6) is 1.82. The summed E-state index contributed by atoms with van der Waals surface area (Å²) in [6, 6.07) is 3.57. The molecule has 0 saturated carbocycles. The minimum Gasteiger partial charge on any atom is -0.392 e. The van der Waals surface area contributed by atoms with Crippen molar-refractivity contribution in [2.45, 2.75) is 13.5 Å². The highest BCUT2D eigenvalue weighted by molar-refractivity contribution is 5.87. The van der Waals surface area contributed by atoms with Crippen molar-refractivity contribution < 1.29 is 5.11 Å². The number of aryl methyl sites for hydroxylation is 1. The first-order valence-corrected chi connectivity index (χ1v) is 5.77. The zero-order chi connectivity index (χ0) is 13.2. The van der Waals surface area contributed by atoms with Gasteiger partial charge in [-0.25, -0.2) is 15.0 Å². The monoisotopic (exact) mass is 256 g/mol. The van der Waals surface area contributed by atoms with Crippen LogP contribution in [0.2, 0.25) is 0 Å². The molecule has 3 aromatic heterocycles. The van der Waals surface area contributed by atoms with E-state index in [-0.39, 0.29) is 6.61 Å². The molecule has 0 atom stereocenters. The van der Waals surface area contributed by atoms with E-state index >= 15 is 0 Å². The third-order valence-electron chi connectivity index (χ3n) is 2.72. The molecule has 0 aliphatic rings. The largest absolute Gasteiger partial charge is 0.392 e. The van der Waals surface area contributed by atoms with Crippen molar-refractivity contribution in [1.82, 2.24) is 25.1 Å². The van der Waals surface area contributed by atoms with Gasteiger partial charge >= 0.3 is 0 Å². The molecule has 3 N–H and O–H groups in total. The number of hydrogen-bond donors (Lipinski definition) is 3. The molecule has 3 rings (SSSR count). The van der Waals surface area contributed by atoms with Crippen LogP contribution in [0.25, 0.3) is 11.0 Å². The Morgan fingerprint density at radius 3 is 3.05 bits per heavy atom. The average Bonchev–Trinajstić information content (AvgIpc) is 2.87. The molecule has 0 spiro atoms. The standard InChI is InChI=1S/C12H12N6O/c1-7-15-11(9-5-14-18-12(9)16-7)17-10-8(6-19)3-2-4-13-10/h2-5,19H,6H2,1H3,(H2,13,14,15,16,17,18). The van der Waals surface area contributed by atoms with Crippen LogP contribution in [0.5, 0.6) is 0 Å². The molecule has 19 heavy (non-hydrogen) atoms. The van der Waals surface area contributed by atoms with Gasteiger partial charge in [-0.2, -0.15) is 5.10 Å². The predicted molar refractivity (Wildman–Crippen MR) is 69.9 cm³/mol. The van der Waals surface area contributed by atoms with Crippen LogP contribution in [0.1, 0.15) is 11.4 Å². The van der Waals surface area contributed by atoms with E-state index in [4.69, 9.17) is 0 Å². The first-order valence-electron chi connectivity index (χ1n) is 5.77. The van der Waals surface area contributed by atoms with Gasteiger partial charge in [0, 0.05) is 11.8 Å². The number of rotatable bonds is 3. The minimum absolute atomic E-state index is 0.0885. The molecular weight excluding hydrogens is 244 g/mol. The lowest BCUT2D eigenvalue weighted by molar-refractivity contribution is 0.282. The van der Waals surface area contributed by atoms with Gasteiger partial charge in [-0.1, -0.05) is 6.07 Å². The zero-order valence-electron chi connectivity index (χ0n) is 10.3. The Bertz CT molecular complexity index is 723. The number of nitrogens with zero attached hydrogens (tertiary/aromatic N) is 4. The fourth-order valence-electron chi connectivity index (χ4n) is 1.83. The molecule has 0 saturated heterocycles. The second-order valence-corrected chi connectivity index (χ2v) is 4.05. The van der Waals surface area contributed by atoms with Crippen LogP contribution < -0.4 is 5.32 Å². The smallest absolute Gasteiger partial charge is 0.161 e. The second kappa shape index (κ2) is 4.62. The van der Waals surface area contributed by atoms with E-state index in [1.165, 1.54) is 0 Å². The number of aliphatic hydroxyl groups is 1. The summed E-state index contributed by atoms with van der Waals surface area (Å²) < 4.78 is 0. The SMILES string of the molecule is Cc1nc(Nc2ncccc2CO)c2cn[nH]c2n1. The van der Waals surface area contributed by atoms with Crippen molar-refractivity contribution in [1.29, 1.82) is 0 Å². The van der Waals surface area contributed by atoms with Crippen LogP contribution in [-0.4, -0.2) is 30.3 Å². The third kappa shape index (κ3) is 2.11. The lowest BCUT2D eigenvalue weighted by atomic mass is 10.2. The molecule has 0 aliphatic heterocycles. The molecule has 0 amide bonds. The van der Waals surface area contributed by atoms with Crippen molar-refractivity contribution in [3.05, 3.63) is 35.9 Å². The number of H-pyrrole nitrogens is 1. The van der Waals surface area contributed by atoms with Crippen LogP contribution in [0.3, 0.4) is 0 Å². The molecule has 96 valence electrons. The molecule has 0 unspecified atom stereocenters. The third-order valence-corrected chi connectivity index (χ3v) is 2.72. The molecule has 0 aliphatic carbocycles. The molecule has 7 nitrogen and oxygen atoms in total. The van der Waals surface area contributed by atoms with Crippen LogP contribution in [0.15, 0.2) is 24.5 Å². The second-order valence-electron chi connectivity index (χ2n) is 4.05. The fraction of sp³-hybridized carbons (Fsp3) is 0.167. The Morgan fingerprint density at radius 1 is 1.32 bits per heavy atom. The maximum atomic E-state index is 9.29. The number of anilines is 2. The summed E-state index contributed by atoms with van der Waals surface area (Å²) in [4.78, 5) is 12.8. The first-order chi connectivity index (χ1) is 9.28. The Labute approximate surface area is 108 Å². The number of pyridine rings is 1.